The number of para-hydroxylation sites is 2. The molecule has 2 aromatic carbocycles. The minimum Gasteiger partial charge on any atom is -0.326 e. The van der Waals surface area contributed by atoms with Crippen molar-refractivity contribution in [3.8, 4) is 0 Å². The number of hydrogen-bond donors (Lipinski definition) is 1. The molecule has 1 N–H and O–H groups in total. The Morgan fingerprint density at radius 3 is 2.60 bits per heavy atom. The Kier molecular flexibility index (Phi) is 4.65. The van der Waals surface area contributed by atoms with Gasteiger partial charge in [-0.15, -0.1) is 0 Å². The van der Waals surface area contributed by atoms with E-state index in [-0.39, 0.29) is 17.9 Å². The van der Waals surface area contributed by atoms with Gasteiger partial charge in [0.25, 0.3) is 5.56 Å². The maximum atomic E-state index is 12.4. The molecule has 5 nitrogen and oxygen atoms in total. The van der Waals surface area contributed by atoms with Crippen molar-refractivity contribution in [1.29, 1.82) is 0 Å². The highest BCUT2D eigenvalue weighted by Gasteiger charge is 2.10. The van der Waals surface area contributed by atoms with Crippen LogP contribution in [0, 0.1) is 20.8 Å². The van der Waals surface area contributed by atoms with E-state index < -0.39 is 0 Å². The Balaban J connectivity index is 1.78. The number of carbonyl (C=O) groups excluding carboxylic acids is 1. The van der Waals surface area contributed by atoms with Crippen LogP contribution in [0.25, 0.3) is 11.0 Å². The van der Waals surface area contributed by atoms with Crippen molar-refractivity contribution in [1.82, 2.24) is 9.55 Å². The van der Waals surface area contributed by atoms with Crippen LogP contribution in [0.2, 0.25) is 0 Å². The topological polar surface area (TPSA) is 64.0 Å². The molecule has 0 saturated heterocycles. The molecule has 0 aliphatic heterocycles. The third-order valence-electron chi connectivity index (χ3n) is 4.37. The van der Waals surface area contributed by atoms with Crippen molar-refractivity contribution < 1.29 is 4.79 Å². The highest BCUT2D eigenvalue weighted by atomic mass is 16.2. The molecule has 5 heteroatoms. The molecule has 3 rings (SSSR count). The Bertz CT molecular complexity index is 1010. The molecule has 0 unspecified atom stereocenters. The van der Waals surface area contributed by atoms with Crippen LogP contribution in [-0.4, -0.2) is 15.5 Å². The number of amides is 1. The summed E-state index contributed by atoms with van der Waals surface area (Å²) in [6.45, 7) is 6.06. The minimum atomic E-state index is -0.155. The molecule has 0 fully saturated rings. The molecule has 128 valence electrons. The number of nitrogens with one attached hydrogen (secondary N) is 1. The number of rotatable bonds is 4. The SMILES string of the molecule is Cc1ccc(NC(=O)CCn2c(=O)c(C)nc3ccccc32)cc1C. The monoisotopic (exact) mass is 335 g/mol. The first-order valence-corrected chi connectivity index (χ1v) is 8.29. The summed E-state index contributed by atoms with van der Waals surface area (Å²) in [6, 6.07) is 13.3. The number of hydrogen-bond acceptors (Lipinski definition) is 3. The van der Waals surface area contributed by atoms with Gasteiger partial charge in [-0.25, -0.2) is 4.98 Å². The van der Waals surface area contributed by atoms with E-state index in [0.717, 1.165) is 22.3 Å². The van der Waals surface area contributed by atoms with Gasteiger partial charge in [-0.2, -0.15) is 0 Å². The van der Waals surface area contributed by atoms with E-state index in [9.17, 15) is 9.59 Å². The van der Waals surface area contributed by atoms with Gasteiger partial charge in [-0.3, -0.25) is 9.59 Å². The summed E-state index contributed by atoms with van der Waals surface area (Å²) < 4.78 is 1.62. The van der Waals surface area contributed by atoms with E-state index in [1.54, 1.807) is 11.5 Å². The molecule has 0 radical (unpaired) electrons. The average molecular weight is 335 g/mol. The van der Waals surface area contributed by atoms with Crippen molar-refractivity contribution in [2.45, 2.75) is 33.7 Å². The van der Waals surface area contributed by atoms with Crippen LogP contribution in [0.5, 0.6) is 0 Å². The number of aromatic nitrogens is 2. The summed E-state index contributed by atoms with van der Waals surface area (Å²) in [4.78, 5) is 29.0. The average Bonchev–Trinajstić information content (AvgIpc) is 2.58. The molecule has 25 heavy (non-hydrogen) atoms. The Morgan fingerprint density at radius 1 is 1.08 bits per heavy atom. The number of nitrogens with zero attached hydrogens (tertiary/aromatic N) is 2. The molecule has 1 amide bonds. The van der Waals surface area contributed by atoms with Gasteiger partial charge in [0.05, 0.1) is 11.0 Å². The number of anilines is 1. The Morgan fingerprint density at radius 2 is 1.84 bits per heavy atom. The normalized spacial score (nSPS) is 10.8. The molecule has 1 heterocycles. The summed E-state index contributed by atoms with van der Waals surface area (Å²) >= 11 is 0. The van der Waals surface area contributed by atoms with E-state index in [2.05, 4.69) is 10.3 Å². The zero-order valence-electron chi connectivity index (χ0n) is 14.7. The van der Waals surface area contributed by atoms with Gasteiger partial charge in [0.1, 0.15) is 5.69 Å². The van der Waals surface area contributed by atoms with Crippen LogP contribution in [-0.2, 0) is 11.3 Å². The van der Waals surface area contributed by atoms with Gasteiger partial charge in [0.15, 0.2) is 0 Å². The van der Waals surface area contributed by atoms with Crippen LogP contribution < -0.4 is 10.9 Å². The predicted octanol–water partition coefficient (Wildman–Crippen LogP) is 3.35. The van der Waals surface area contributed by atoms with Crippen LogP contribution in [0.4, 0.5) is 5.69 Å². The standard InChI is InChI=1S/C20H21N3O2/c1-13-8-9-16(12-14(13)2)22-19(24)10-11-23-18-7-5-4-6-17(18)21-15(3)20(23)25/h4-9,12H,10-11H2,1-3H3,(H,22,24). The van der Waals surface area contributed by atoms with Crippen molar-refractivity contribution in [3.63, 3.8) is 0 Å². The summed E-state index contributed by atoms with van der Waals surface area (Å²) in [5.41, 5.74) is 4.88. The number of benzene rings is 2. The van der Waals surface area contributed by atoms with Crippen LogP contribution >= 0.6 is 0 Å². The van der Waals surface area contributed by atoms with Gasteiger partial charge >= 0.3 is 0 Å². The second kappa shape index (κ2) is 6.89. The van der Waals surface area contributed by atoms with Gasteiger partial charge in [0, 0.05) is 18.7 Å². The van der Waals surface area contributed by atoms with Gasteiger partial charge in [-0.05, 0) is 56.2 Å². The molecule has 0 spiro atoms. The lowest BCUT2D eigenvalue weighted by Crippen LogP contribution is -2.26. The zero-order chi connectivity index (χ0) is 18.0. The van der Waals surface area contributed by atoms with Crippen LogP contribution in [0.1, 0.15) is 23.2 Å². The maximum absolute atomic E-state index is 12.4. The van der Waals surface area contributed by atoms with Crippen molar-refractivity contribution >= 4 is 22.6 Å². The molecule has 0 bridgehead atoms. The summed E-state index contributed by atoms with van der Waals surface area (Å²) in [7, 11) is 0. The van der Waals surface area contributed by atoms with Gasteiger partial charge in [-0.1, -0.05) is 18.2 Å². The third-order valence-corrected chi connectivity index (χ3v) is 4.37. The van der Waals surface area contributed by atoms with E-state index in [0.29, 0.717) is 12.2 Å². The molecule has 1 aromatic heterocycles. The van der Waals surface area contributed by atoms with E-state index in [1.165, 1.54) is 5.56 Å². The Hall–Kier alpha value is -2.95. The Labute approximate surface area is 146 Å². The lowest BCUT2D eigenvalue weighted by atomic mass is 10.1. The third kappa shape index (κ3) is 3.60. The van der Waals surface area contributed by atoms with Crippen LogP contribution in [0.3, 0.4) is 0 Å². The first-order chi connectivity index (χ1) is 12.0. The van der Waals surface area contributed by atoms with Gasteiger partial charge in [0.2, 0.25) is 5.91 Å². The molecule has 0 aliphatic rings. The summed E-state index contributed by atoms with van der Waals surface area (Å²) in [6.07, 6.45) is 0.222. The maximum Gasteiger partial charge on any atom is 0.272 e. The number of fused-ring (bicyclic) bond motifs is 1. The first kappa shape index (κ1) is 16.9. The highest BCUT2D eigenvalue weighted by molar-refractivity contribution is 5.90. The quantitative estimate of drug-likeness (QED) is 0.795. The lowest BCUT2D eigenvalue weighted by molar-refractivity contribution is -0.116. The molecular formula is C20H21N3O2. The largest absolute Gasteiger partial charge is 0.326 e. The minimum absolute atomic E-state index is 0.117. The molecule has 0 atom stereocenters. The zero-order valence-corrected chi connectivity index (χ0v) is 14.7. The molecule has 3 aromatic rings. The van der Waals surface area contributed by atoms with Crippen molar-refractivity contribution in [3.05, 3.63) is 69.6 Å². The second-order valence-corrected chi connectivity index (χ2v) is 6.24. The number of carbonyl (C=O) groups is 1. The summed E-state index contributed by atoms with van der Waals surface area (Å²) in [5.74, 6) is -0.117. The lowest BCUT2D eigenvalue weighted by Gasteiger charge is -2.11. The fraction of sp³-hybridized carbons (Fsp3) is 0.250. The predicted molar refractivity (Wildman–Crippen MR) is 99.9 cm³/mol. The molecule has 0 saturated carbocycles. The van der Waals surface area contributed by atoms with E-state index in [4.69, 9.17) is 0 Å². The summed E-state index contributed by atoms with van der Waals surface area (Å²) in [5, 5.41) is 2.89. The smallest absolute Gasteiger partial charge is 0.272 e. The highest BCUT2D eigenvalue weighted by Crippen LogP contribution is 2.15. The molecular weight excluding hydrogens is 314 g/mol. The first-order valence-electron chi connectivity index (χ1n) is 8.29. The second-order valence-electron chi connectivity index (χ2n) is 6.24. The number of aryl methyl sites for hydroxylation is 4. The van der Waals surface area contributed by atoms with E-state index in [1.807, 2.05) is 56.3 Å². The fourth-order valence-corrected chi connectivity index (χ4v) is 2.80. The van der Waals surface area contributed by atoms with E-state index >= 15 is 0 Å². The molecule has 0 aliphatic carbocycles. The van der Waals surface area contributed by atoms with Crippen LogP contribution in [0.15, 0.2) is 47.3 Å². The fourth-order valence-electron chi connectivity index (χ4n) is 2.80. The van der Waals surface area contributed by atoms with Gasteiger partial charge < -0.3 is 9.88 Å². The van der Waals surface area contributed by atoms with Crippen molar-refractivity contribution in [2.75, 3.05) is 5.32 Å². The van der Waals surface area contributed by atoms with Crippen molar-refractivity contribution in [2.24, 2.45) is 0 Å².